The predicted molar refractivity (Wildman–Crippen MR) is 81.0 cm³/mol. The summed E-state index contributed by atoms with van der Waals surface area (Å²) in [5.41, 5.74) is 6.67. The second kappa shape index (κ2) is 7.87. The lowest BCUT2D eigenvalue weighted by atomic mass is 10.1. The van der Waals surface area contributed by atoms with Gasteiger partial charge in [0.05, 0.1) is 10.6 Å². The molecule has 0 aliphatic carbocycles. The zero-order chi connectivity index (χ0) is 15.1. The monoisotopic (exact) mass is 297 g/mol. The minimum Gasteiger partial charge on any atom is -0.355 e. The smallest absolute Gasteiger partial charge is 0.252 e. The number of hydrogen-bond donors (Lipinski definition) is 3. The van der Waals surface area contributed by atoms with E-state index in [1.54, 1.807) is 18.2 Å². The highest BCUT2D eigenvalue weighted by atomic mass is 35.5. The average Bonchev–Trinajstić information content (AvgIpc) is 2.40. The fraction of sp³-hybridized carbons (Fsp3) is 0.429. The minimum atomic E-state index is -0.297. The largest absolute Gasteiger partial charge is 0.355 e. The Bertz CT molecular complexity index is 491. The molecule has 0 aliphatic rings. The number of amides is 2. The van der Waals surface area contributed by atoms with E-state index in [1.165, 1.54) is 7.05 Å². The molecule has 0 heterocycles. The number of hydrogen-bond acceptors (Lipinski definition) is 3. The van der Waals surface area contributed by atoms with Crippen LogP contribution in [0, 0.1) is 0 Å². The SMILES string of the molecule is CCCC(N)CC(=O)Nc1ccc(Cl)c(C(=O)NC)c1. The van der Waals surface area contributed by atoms with Crippen molar-refractivity contribution >= 4 is 29.1 Å². The third-order valence-electron chi connectivity index (χ3n) is 2.83. The van der Waals surface area contributed by atoms with Crippen molar-refractivity contribution in [1.82, 2.24) is 5.32 Å². The maximum Gasteiger partial charge on any atom is 0.252 e. The van der Waals surface area contributed by atoms with Gasteiger partial charge in [-0.25, -0.2) is 0 Å². The number of nitrogens with one attached hydrogen (secondary N) is 2. The van der Waals surface area contributed by atoms with Gasteiger partial charge in [0.1, 0.15) is 0 Å². The highest BCUT2D eigenvalue weighted by Crippen LogP contribution is 2.20. The third-order valence-corrected chi connectivity index (χ3v) is 3.16. The molecule has 110 valence electrons. The van der Waals surface area contributed by atoms with Crippen LogP contribution in [0.5, 0.6) is 0 Å². The molecule has 1 aromatic carbocycles. The van der Waals surface area contributed by atoms with Crippen LogP contribution in [0.1, 0.15) is 36.5 Å². The zero-order valence-electron chi connectivity index (χ0n) is 11.7. The maximum atomic E-state index is 11.8. The summed E-state index contributed by atoms with van der Waals surface area (Å²) in [5.74, 6) is -0.468. The quantitative estimate of drug-likeness (QED) is 0.752. The molecule has 1 atom stereocenters. The van der Waals surface area contributed by atoms with Gasteiger partial charge < -0.3 is 16.4 Å². The van der Waals surface area contributed by atoms with Crippen LogP contribution in [-0.4, -0.2) is 24.9 Å². The summed E-state index contributed by atoms with van der Waals surface area (Å²) in [6.45, 7) is 2.02. The molecule has 0 fully saturated rings. The van der Waals surface area contributed by atoms with E-state index in [0.717, 1.165) is 12.8 Å². The number of halogens is 1. The second-order valence-corrected chi connectivity index (χ2v) is 4.98. The molecule has 20 heavy (non-hydrogen) atoms. The van der Waals surface area contributed by atoms with Crippen LogP contribution in [0.2, 0.25) is 5.02 Å². The van der Waals surface area contributed by atoms with Gasteiger partial charge in [0.25, 0.3) is 5.91 Å². The topological polar surface area (TPSA) is 84.2 Å². The van der Waals surface area contributed by atoms with Crippen LogP contribution in [0.3, 0.4) is 0 Å². The summed E-state index contributed by atoms with van der Waals surface area (Å²) < 4.78 is 0. The molecule has 1 aromatic rings. The average molecular weight is 298 g/mol. The van der Waals surface area contributed by atoms with E-state index in [2.05, 4.69) is 10.6 Å². The van der Waals surface area contributed by atoms with E-state index in [0.29, 0.717) is 16.3 Å². The van der Waals surface area contributed by atoms with Crippen LogP contribution in [0.15, 0.2) is 18.2 Å². The lowest BCUT2D eigenvalue weighted by Crippen LogP contribution is -2.27. The molecule has 1 rings (SSSR count). The lowest BCUT2D eigenvalue weighted by Gasteiger charge is -2.11. The summed E-state index contributed by atoms with van der Waals surface area (Å²) in [6.07, 6.45) is 2.00. The van der Waals surface area contributed by atoms with Crippen molar-refractivity contribution in [3.63, 3.8) is 0 Å². The molecule has 0 saturated carbocycles. The fourth-order valence-corrected chi connectivity index (χ4v) is 2.04. The number of anilines is 1. The highest BCUT2D eigenvalue weighted by Gasteiger charge is 2.12. The molecule has 0 saturated heterocycles. The van der Waals surface area contributed by atoms with Gasteiger partial charge in [-0.2, -0.15) is 0 Å². The zero-order valence-corrected chi connectivity index (χ0v) is 12.5. The van der Waals surface area contributed by atoms with E-state index in [4.69, 9.17) is 17.3 Å². The molecule has 0 aromatic heterocycles. The Hall–Kier alpha value is -1.59. The van der Waals surface area contributed by atoms with Crippen molar-refractivity contribution in [3.05, 3.63) is 28.8 Å². The van der Waals surface area contributed by atoms with E-state index in [9.17, 15) is 9.59 Å². The summed E-state index contributed by atoms with van der Waals surface area (Å²) >= 11 is 5.94. The first kappa shape index (κ1) is 16.5. The normalized spacial score (nSPS) is 11.8. The third kappa shape index (κ3) is 4.83. The van der Waals surface area contributed by atoms with Crippen LogP contribution < -0.4 is 16.4 Å². The Morgan fingerprint density at radius 1 is 1.40 bits per heavy atom. The van der Waals surface area contributed by atoms with Crippen LogP contribution in [-0.2, 0) is 4.79 Å². The molecule has 5 nitrogen and oxygen atoms in total. The molecule has 4 N–H and O–H groups in total. The first-order chi connectivity index (χ1) is 9.47. The summed E-state index contributed by atoms with van der Waals surface area (Å²) in [4.78, 5) is 23.4. The van der Waals surface area contributed by atoms with Crippen molar-refractivity contribution in [2.45, 2.75) is 32.2 Å². The van der Waals surface area contributed by atoms with Crippen LogP contribution >= 0.6 is 11.6 Å². The van der Waals surface area contributed by atoms with Crippen molar-refractivity contribution < 1.29 is 9.59 Å². The van der Waals surface area contributed by atoms with Gasteiger partial charge in [-0.3, -0.25) is 9.59 Å². The Labute approximate surface area is 123 Å². The van der Waals surface area contributed by atoms with E-state index >= 15 is 0 Å². The van der Waals surface area contributed by atoms with E-state index < -0.39 is 0 Å². The minimum absolute atomic E-state index is 0.147. The van der Waals surface area contributed by atoms with Crippen molar-refractivity contribution in [1.29, 1.82) is 0 Å². The number of nitrogens with two attached hydrogens (primary N) is 1. The number of carbonyl (C=O) groups is 2. The Morgan fingerprint density at radius 2 is 2.10 bits per heavy atom. The molecular weight excluding hydrogens is 278 g/mol. The molecule has 2 amide bonds. The van der Waals surface area contributed by atoms with Crippen LogP contribution in [0.4, 0.5) is 5.69 Å². The summed E-state index contributed by atoms with van der Waals surface area (Å²) in [5, 5.41) is 5.55. The Morgan fingerprint density at radius 3 is 2.70 bits per heavy atom. The molecule has 6 heteroatoms. The highest BCUT2D eigenvalue weighted by molar-refractivity contribution is 6.34. The molecular formula is C14H20ClN3O2. The van der Waals surface area contributed by atoms with Crippen molar-refractivity contribution in [2.75, 3.05) is 12.4 Å². The first-order valence-electron chi connectivity index (χ1n) is 6.55. The molecule has 1 unspecified atom stereocenters. The molecule has 0 bridgehead atoms. The van der Waals surface area contributed by atoms with Gasteiger partial charge in [-0.05, 0) is 24.6 Å². The molecule has 0 radical (unpaired) electrons. The second-order valence-electron chi connectivity index (χ2n) is 4.57. The predicted octanol–water partition coefficient (Wildman–Crippen LogP) is 2.16. The van der Waals surface area contributed by atoms with Crippen molar-refractivity contribution in [2.24, 2.45) is 5.73 Å². The van der Waals surface area contributed by atoms with Gasteiger partial charge in [0.15, 0.2) is 0 Å². The Kier molecular flexibility index (Phi) is 6.48. The van der Waals surface area contributed by atoms with Crippen LogP contribution in [0.25, 0.3) is 0 Å². The van der Waals surface area contributed by atoms with Gasteiger partial charge >= 0.3 is 0 Å². The fourth-order valence-electron chi connectivity index (χ4n) is 1.83. The maximum absolute atomic E-state index is 11.8. The van der Waals surface area contributed by atoms with Gasteiger partial charge in [0, 0.05) is 25.2 Å². The van der Waals surface area contributed by atoms with Gasteiger partial charge in [-0.1, -0.05) is 24.9 Å². The Balaban J connectivity index is 2.73. The number of rotatable bonds is 6. The molecule has 0 spiro atoms. The van der Waals surface area contributed by atoms with Gasteiger partial charge in [0.2, 0.25) is 5.91 Å². The molecule has 0 aliphatic heterocycles. The summed E-state index contributed by atoms with van der Waals surface area (Å²) in [7, 11) is 1.52. The van der Waals surface area contributed by atoms with Gasteiger partial charge in [-0.15, -0.1) is 0 Å². The van der Waals surface area contributed by atoms with E-state index in [-0.39, 0.29) is 24.3 Å². The lowest BCUT2D eigenvalue weighted by molar-refractivity contribution is -0.116. The summed E-state index contributed by atoms with van der Waals surface area (Å²) in [6, 6.07) is 4.63. The number of benzene rings is 1. The standard InChI is InChI=1S/C14H20ClN3O2/c1-3-4-9(16)7-13(19)18-10-5-6-12(15)11(8-10)14(20)17-2/h5-6,8-9H,3-4,7,16H2,1-2H3,(H,17,20)(H,18,19). The first-order valence-corrected chi connectivity index (χ1v) is 6.92. The van der Waals surface area contributed by atoms with Crippen molar-refractivity contribution in [3.8, 4) is 0 Å². The van der Waals surface area contributed by atoms with E-state index in [1.807, 2.05) is 6.92 Å². The number of carbonyl (C=O) groups excluding carboxylic acids is 2.